The van der Waals surface area contributed by atoms with Gasteiger partial charge in [0.1, 0.15) is 11.6 Å². The fourth-order valence-corrected chi connectivity index (χ4v) is 4.09. The van der Waals surface area contributed by atoms with E-state index in [1.807, 2.05) is 49.1 Å². The number of piperazine rings is 1. The number of benzene rings is 2. The molecule has 1 aromatic heterocycles. The summed E-state index contributed by atoms with van der Waals surface area (Å²) in [6.45, 7) is 6.40. The smallest absolute Gasteiger partial charge is 0.278 e. The molecule has 0 bridgehead atoms. The van der Waals surface area contributed by atoms with E-state index in [1.165, 1.54) is 4.68 Å². The second-order valence-corrected chi connectivity index (χ2v) is 8.27. The molecule has 0 N–H and O–H groups in total. The molecule has 1 aliphatic rings. The highest BCUT2D eigenvalue weighted by molar-refractivity contribution is 6.30. The number of rotatable bonds is 4. The minimum Gasteiger partial charge on any atom is -0.368 e. The van der Waals surface area contributed by atoms with E-state index < -0.39 is 6.04 Å². The van der Waals surface area contributed by atoms with Gasteiger partial charge in [-0.1, -0.05) is 48.9 Å². The largest absolute Gasteiger partial charge is 0.368 e. The second kappa shape index (κ2) is 8.44. The van der Waals surface area contributed by atoms with E-state index in [0.29, 0.717) is 42.1 Å². The third kappa shape index (κ3) is 3.89. The Kier molecular flexibility index (Phi) is 5.72. The number of halogens is 1. The molecule has 2 aromatic carbocycles. The lowest BCUT2D eigenvalue weighted by atomic mass is 10.0. The Balaban J connectivity index is 1.55. The Labute approximate surface area is 179 Å². The number of anilines is 1. The van der Waals surface area contributed by atoms with Crippen molar-refractivity contribution < 1.29 is 4.79 Å². The first-order valence-corrected chi connectivity index (χ1v) is 10.5. The van der Waals surface area contributed by atoms with Crippen LogP contribution in [0.3, 0.4) is 0 Å². The minimum atomic E-state index is -0.688. The molecule has 3 aromatic rings. The van der Waals surface area contributed by atoms with Crippen molar-refractivity contribution in [1.29, 1.82) is 0 Å². The van der Waals surface area contributed by atoms with Crippen LogP contribution in [-0.2, 0) is 4.79 Å². The van der Waals surface area contributed by atoms with Crippen LogP contribution in [0.5, 0.6) is 0 Å². The number of hydrogen-bond acceptors (Lipinski definition) is 5. The molecular formula is C22H24ClN5O2. The lowest BCUT2D eigenvalue weighted by molar-refractivity contribution is -0.137. The Bertz CT molecular complexity index is 1120. The van der Waals surface area contributed by atoms with Crippen LogP contribution in [0, 0.1) is 5.92 Å². The molecule has 156 valence electrons. The van der Waals surface area contributed by atoms with E-state index in [4.69, 9.17) is 11.6 Å². The van der Waals surface area contributed by atoms with Gasteiger partial charge in [0.25, 0.3) is 5.56 Å². The lowest BCUT2D eigenvalue weighted by Gasteiger charge is -2.38. The molecule has 1 unspecified atom stereocenters. The maximum absolute atomic E-state index is 13.4. The lowest BCUT2D eigenvalue weighted by Crippen LogP contribution is -2.52. The van der Waals surface area contributed by atoms with Gasteiger partial charge in [-0.15, -0.1) is 5.10 Å². The van der Waals surface area contributed by atoms with Crippen molar-refractivity contribution >= 4 is 34.1 Å². The standard InChI is InChI=1S/C22H24ClN5O2/c1-15(2)20(28-21(29)18-8-3-4-9-19(18)24-25-28)22(30)27-12-10-26(11-13-27)17-7-5-6-16(23)14-17/h3-9,14-15,20H,10-13H2,1-2H3. The SMILES string of the molecule is CC(C)C(C(=O)N1CCN(c2cccc(Cl)c2)CC1)n1nnc2ccccc2c1=O. The maximum atomic E-state index is 13.4. The van der Waals surface area contributed by atoms with Gasteiger partial charge in [0.2, 0.25) is 5.91 Å². The summed E-state index contributed by atoms with van der Waals surface area (Å²) in [6, 6.07) is 14.1. The van der Waals surface area contributed by atoms with Crippen molar-refractivity contribution in [3.8, 4) is 0 Å². The highest BCUT2D eigenvalue weighted by Crippen LogP contribution is 2.23. The van der Waals surface area contributed by atoms with Crippen molar-refractivity contribution in [2.45, 2.75) is 19.9 Å². The zero-order chi connectivity index (χ0) is 21.3. The Morgan fingerprint density at radius 1 is 1.03 bits per heavy atom. The van der Waals surface area contributed by atoms with Gasteiger partial charge >= 0.3 is 0 Å². The van der Waals surface area contributed by atoms with E-state index in [0.717, 1.165) is 5.69 Å². The van der Waals surface area contributed by atoms with Gasteiger partial charge in [-0.25, -0.2) is 0 Å². The van der Waals surface area contributed by atoms with Gasteiger partial charge in [0.15, 0.2) is 0 Å². The summed E-state index contributed by atoms with van der Waals surface area (Å²) in [5.74, 6) is -0.195. The molecule has 7 nitrogen and oxygen atoms in total. The first-order chi connectivity index (χ1) is 14.5. The van der Waals surface area contributed by atoms with Crippen LogP contribution in [0.15, 0.2) is 53.3 Å². The molecule has 1 saturated heterocycles. The van der Waals surface area contributed by atoms with Crippen LogP contribution >= 0.6 is 11.6 Å². The van der Waals surface area contributed by atoms with Crippen molar-refractivity contribution in [1.82, 2.24) is 19.9 Å². The third-order valence-corrected chi connectivity index (χ3v) is 5.74. The molecule has 0 saturated carbocycles. The van der Waals surface area contributed by atoms with E-state index >= 15 is 0 Å². The third-order valence-electron chi connectivity index (χ3n) is 5.50. The molecule has 8 heteroatoms. The molecule has 0 spiro atoms. The minimum absolute atomic E-state index is 0.0950. The van der Waals surface area contributed by atoms with E-state index in [1.54, 1.807) is 18.2 Å². The van der Waals surface area contributed by atoms with E-state index in [9.17, 15) is 9.59 Å². The van der Waals surface area contributed by atoms with Crippen LogP contribution in [0.2, 0.25) is 5.02 Å². The predicted octanol–water partition coefficient (Wildman–Crippen LogP) is 2.99. The molecular weight excluding hydrogens is 402 g/mol. The van der Waals surface area contributed by atoms with Crippen LogP contribution in [-0.4, -0.2) is 52.0 Å². The van der Waals surface area contributed by atoms with Gasteiger partial charge in [-0.05, 0) is 36.2 Å². The summed E-state index contributed by atoms with van der Waals surface area (Å²) in [5, 5.41) is 9.42. The van der Waals surface area contributed by atoms with Gasteiger partial charge in [0.05, 0.1) is 5.39 Å². The molecule has 1 fully saturated rings. The average Bonchev–Trinajstić information content (AvgIpc) is 2.75. The summed E-state index contributed by atoms with van der Waals surface area (Å²) in [4.78, 5) is 30.4. The Morgan fingerprint density at radius 2 is 1.77 bits per heavy atom. The number of amides is 1. The number of carbonyl (C=O) groups is 1. The molecule has 30 heavy (non-hydrogen) atoms. The fourth-order valence-electron chi connectivity index (χ4n) is 3.90. The number of nitrogens with zero attached hydrogens (tertiary/aromatic N) is 5. The number of fused-ring (bicyclic) bond motifs is 1. The van der Waals surface area contributed by atoms with Crippen molar-refractivity contribution in [3.05, 3.63) is 63.9 Å². The van der Waals surface area contributed by atoms with Gasteiger partial charge in [0, 0.05) is 36.9 Å². The summed E-state index contributed by atoms with van der Waals surface area (Å²) in [7, 11) is 0. The van der Waals surface area contributed by atoms with Crippen LogP contribution in [0.4, 0.5) is 5.69 Å². The van der Waals surface area contributed by atoms with E-state index in [-0.39, 0.29) is 17.4 Å². The monoisotopic (exact) mass is 425 g/mol. The second-order valence-electron chi connectivity index (χ2n) is 7.84. The molecule has 1 atom stereocenters. The average molecular weight is 426 g/mol. The number of hydrogen-bond donors (Lipinski definition) is 0. The first kappa shape index (κ1) is 20.3. The zero-order valence-electron chi connectivity index (χ0n) is 17.0. The van der Waals surface area contributed by atoms with Gasteiger partial charge in [-0.3, -0.25) is 9.59 Å². The van der Waals surface area contributed by atoms with Gasteiger partial charge in [-0.2, -0.15) is 4.68 Å². The zero-order valence-corrected chi connectivity index (χ0v) is 17.8. The molecule has 0 aliphatic carbocycles. The topological polar surface area (TPSA) is 71.3 Å². The van der Waals surface area contributed by atoms with Crippen molar-refractivity contribution in [2.24, 2.45) is 5.92 Å². The van der Waals surface area contributed by atoms with Crippen LogP contribution in [0.25, 0.3) is 10.9 Å². The predicted molar refractivity (Wildman–Crippen MR) is 118 cm³/mol. The van der Waals surface area contributed by atoms with E-state index in [2.05, 4.69) is 15.2 Å². The van der Waals surface area contributed by atoms with Crippen LogP contribution < -0.4 is 10.5 Å². The first-order valence-electron chi connectivity index (χ1n) is 10.1. The fraction of sp³-hybridized carbons (Fsp3) is 0.364. The summed E-state index contributed by atoms with van der Waals surface area (Å²) in [6.07, 6.45) is 0. The Hall–Kier alpha value is -2.93. The maximum Gasteiger partial charge on any atom is 0.278 e. The summed E-state index contributed by atoms with van der Waals surface area (Å²) in [5.41, 5.74) is 1.29. The normalized spacial score (nSPS) is 15.6. The molecule has 1 amide bonds. The highest BCUT2D eigenvalue weighted by atomic mass is 35.5. The molecule has 1 aliphatic heterocycles. The molecule has 2 heterocycles. The molecule has 0 radical (unpaired) electrons. The highest BCUT2D eigenvalue weighted by Gasteiger charge is 2.33. The number of aromatic nitrogens is 3. The molecule has 4 rings (SSSR count). The summed E-state index contributed by atoms with van der Waals surface area (Å²) >= 11 is 6.11. The Morgan fingerprint density at radius 3 is 2.47 bits per heavy atom. The van der Waals surface area contributed by atoms with Crippen LogP contribution in [0.1, 0.15) is 19.9 Å². The summed E-state index contributed by atoms with van der Waals surface area (Å²) < 4.78 is 1.25. The van der Waals surface area contributed by atoms with Crippen molar-refractivity contribution in [3.63, 3.8) is 0 Å². The number of carbonyl (C=O) groups excluding carboxylic acids is 1. The quantitative estimate of drug-likeness (QED) is 0.642. The van der Waals surface area contributed by atoms with Crippen molar-refractivity contribution in [2.75, 3.05) is 31.1 Å². The van der Waals surface area contributed by atoms with Gasteiger partial charge < -0.3 is 9.80 Å².